The normalized spacial score (nSPS) is 10.5. The largest absolute Gasteiger partial charge is 0.462 e. The Bertz CT molecular complexity index is 1600. The Kier molecular flexibility index (Phi) is 6.95. The lowest BCUT2D eigenvalue weighted by Crippen LogP contribution is -2.07. The van der Waals surface area contributed by atoms with Crippen molar-refractivity contribution < 1.29 is 14.3 Å². The minimum atomic E-state index is -0.414. The lowest BCUT2D eigenvalue weighted by Gasteiger charge is -2.08. The van der Waals surface area contributed by atoms with Crippen LogP contribution in [-0.4, -0.2) is 27.3 Å². The van der Waals surface area contributed by atoms with Gasteiger partial charge in [0, 0.05) is 11.3 Å². The van der Waals surface area contributed by atoms with E-state index in [1.807, 2.05) is 96.5 Å². The van der Waals surface area contributed by atoms with Crippen LogP contribution in [0.3, 0.4) is 0 Å². The predicted octanol–water partition coefficient (Wildman–Crippen LogP) is 6.16. The molecule has 6 nitrogen and oxygen atoms in total. The van der Waals surface area contributed by atoms with Gasteiger partial charge in [-0.3, -0.25) is 4.68 Å². The lowest BCUT2D eigenvalue weighted by molar-refractivity contribution is 0.0528. The Morgan fingerprint density at radius 1 is 0.892 bits per heavy atom. The van der Waals surface area contributed by atoms with Crippen LogP contribution in [0.1, 0.15) is 39.8 Å². The zero-order chi connectivity index (χ0) is 25.6. The van der Waals surface area contributed by atoms with Crippen molar-refractivity contribution in [2.75, 3.05) is 6.61 Å². The Balaban J connectivity index is 1.46. The van der Waals surface area contributed by atoms with Gasteiger partial charge in [-0.1, -0.05) is 54.5 Å². The van der Waals surface area contributed by atoms with E-state index in [9.17, 15) is 4.79 Å². The maximum absolute atomic E-state index is 12.8. The molecule has 0 saturated heterocycles. The third-order valence-corrected chi connectivity index (χ3v) is 5.80. The zero-order valence-electron chi connectivity index (χ0n) is 20.6. The van der Waals surface area contributed by atoms with E-state index in [2.05, 4.69) is 16.8 Å². The molecule has 0 unspecified atom stereocenters. The molecule has 2 heterocycles. The molecule has 0 fully saturated rings. The first kappa shape index (κ1) is 23.8. The maximum atomic E-state index is 12.8. The number of aromatic nitrogens is 3. The molecule has 0 aliphatic heterocycles. The lowest BCUT2D eigenvalue weighted by atomic mass is 10.1. The smallest absolute Gasteiger partial charge is 0.339 e. The molecule has 0 bridgehead atoms. The number of benzene rings is 3. The zero-order valence-corrected chi connectivity index (χ0v) is 20.6. The van der Waals surface area contributed by atoms with Crippen molar-refractivity contribution >= 4 is 17.0 Å². The number of aryl methyl sites for hydroxylation is 1. The number of carbonyl (C=O) groups is 1. The van der Waals surface area contributed by atoms with E-state index in [-0.39, 0.29) is 6.61 Å². The fraction of sp³-hybridized carbons (Fsp3) is 0.129. The standard InChI is InChI=1S/C31H25N3O3/c1-3-36-31(35)28-20-25(17-14-23-10-6-4-7-11-23)32-30-29(28)22(2)34(33-30)21-24-15-18-27(19-16-24)37-26-12-8-5-9-13-26/h4-13,15-16,18-20H,3,21H2,1-2H3. The molecular formula is C31H25N3O3. The third kappa shape index (κ3) is 5.52. The molecule has 0 saturated carbocycles. The van der Waals surface area contributed by atoms with E-state index in [0.717, 1.165) is 28.3 Å². The Morgan fingerprint density at radius 2 is 1.57 bits per heavy atom. The summed E-state index contributed by atoms with van der Waals surface area (Å²) >= 11 is 0. The van der Waals surface area contributed by atoms with E-state index in [1.165, 1.54) is 0 Å². The molecule has 0 radical (unpaired) electrons. The Hall–Kier alpha value is -4.89. The molecule has 0 N–H and O–H groups in total. The van der Waals surface area contributed by atoms with E-state index >= 15 is 0 Å². The van der Waals surface area contributed by atoms with Crippen molar-refractivity contribution in [3.8, 4) is 23.3 Å². The van der Waals surface area contributed by atoms with Crippen molar-refractivity contribution in [1.29, 1.82) is 0 Å². The van der Waals surface area contributed by atoms with Gasteiger partial charge in [-0.05, 0) is 67.8 Å². The van der Waals surface area contributed by atoms with Crippen LogP contribution in [0, 0.1) is 18.8 Å². The molecule has 0 aliphatic rings. The number of hydrogen-bond donors (Lipinski definition) is 0. The van der Waals surface area contributed by atoms with E-state index < -0.39 is 5.97 Å². The van der Waals surface area contributed by atoms with Crippen LogP contribution in [0.15, 0.2) is 91.0 Å². The van der Waals surface area contributed by atoms with Crippen LogP contribution < -0.4 is 4.74 Å². The summed E-state index contributed by atoms with van der Waals surface area (Å²) in [6, 6.07) is 28.8. The fourth-order valence-corrected chi connectivity index (χ4v) is 3.99. The van der Waals surface area contributed by atoms with Crippen LogP contribution in [0.4, 0.5) is 0 Å². The van der Waals surface area contributed by atoms with E-state index in [0.29, 0.717) is 28.8 Å². The van der Waals surface area contributed by atoms with Crippen molar-refractivity contribution in [3.05, 3.63) is 119 Å². The number of ether oxygens (including phenoxy) is 2. The van der Waals surface area contributed by atoms with Crippen LogP contribution in [0.5, 0.6) is 11.5 Å². The highest BCUT2D eigenvalue weighted by atomic mass is 16.5. The molecule has 3 aromatic carbocycles. The molecule has 0 aliphatic carbocycles. The van der Waals surface area contributed by atoms with Crippen molar-refractivity contribution in [2.45, 2.75) is 20.4 Å². The summed E-state index contributed by atoms with van der Waals surface area (Å²) in [5.74, 6) is 7.29. The minimum absolute atomic E-state index is 0.276. The van der Waals surface area contributed by atoms with Gasteiger partial charge >= 0.3 is 5.97 Å². The second kappa shape index (κ2) is 10.8. The average Bonchev–Trinajstić information content (AvgIpc) is 3.24. The molecule has 0 spiro atoms. The molecule has 0 atom stereocenters. The van der Waals surface area contributed by atoms with Gasteiger partial charge in [-0.25, -0.2) is 9.78 Å². The summed E-state index contributed by atoms with van der Waals surface area (Å²) in [6.45, 7) is 4.51. The van der Waals surface area contributed by atoms with Crippen molar-refractivity contribution in [2.24, 2.45) is 0 Å². The van der Waals surface area contributed by atoms with E-state index in [1.54, 1.807) is 13.0 Å². The molecule has 5 rings (SSSR count). The highest BCUT2D eigenvalue weighted by Gasteiger charge is 2.20. The third-order valence-electron chi connectivity index (χ3n) is 5.80. The minimum Gasteiger partial charge on any atom is -0.462 e. The van der Waals surface area contributed by atoms with Crippen molar-refractivity contribution in [1.82, 2.24) is 14.8 Å². The summed E-state index contributed by atoms with van der Waals surface area (Å²) in [5.41, 5.74) is 4.08. The Morgan fingerprint density at radius 3 is 2.27 bits per heavy atom. The first-order valence-electron chi connectivity index (χ1n) is 12.0. The highest BCUT2D eigenvalue weighted by Crippen LogP contribution is 2.25. The molecule has 6 heteroatoms. The van der Waals surface area contributed by atoms with Gasteiger partial charge in [-0.15, -0.1) is 0 Å². The Labute approximate surface area is 215 Å². The number of hydrogen-bond acceptors (Lipinski definition) is 5. The number of esters is 1. The van der Waals surface area contributed by atoms with Crippen molar-refractivity contribution in [3.63, 3.8) is 0 Å². The number of rotatable bonds is 6. The highest BCUT2D eigenvalue weighted by molar-refractivity contribution is 6.04. The van der Waals surface area contributed by atoms with E-state index in [4.69, 9.17) is 14.6 Å². The molecular weight excluding hydrogens is 462 g/mol. The SMILES string of the molecule is CCOC(=O)c1cc(C#Cc2ccccc2)nc2nn(Cc3ccc(Oc4ccccc4)cc3)c(C)c12. The number of fused-ring (bicyclic) bond motifs is 1. The number of para-hydroxylation sites is 1. The van der Waals surface area contributed by atoms with Gasteiger partial charge in [0.15, 0.2) is 5.65 Å². The molecule has 182 valence electrons. The van der Waals surface area contributed by atoms with Gasteiger partial charge in [0.05, 0.1) is 24.1 Å². The average molecular weight is 488 g/mol. The first-order valence-corrected chi connectivity index (χ1v) is 12.0. The first-order chi connectivity index (χ1) is 18.1. The topological polar surface area (TPSA) is 66.2 Å². The van der Waals surface area contributed by atoms with Crippen LogP contribution >= 0.6 is 0 Å². The summed E-state index contributed by atoms with van der Waals surface area (Å²) in [5, 5.41) is 5.39. The van der Waals surface area contributed by atoms with Crippen LogP contribution in [-0.2, 0) is 11.3 Å². The van der Waals surface area contributed by atoms with Gasteiger partial charge in [0.2, 0.25) is 0 Å². The monoisotopic (exact) mass is 487 g/mol. The van der Waals surface area contributed by atoms with Crippen LogP contribution in [0.25, 0.3) is 11.0 Å². The maximum Gasteiger partial charge on any atom is 0.339 e. The summed E-state index contributed by atoms with van der Waals surface area (Å²) < 4.78 is 13.1. The summed E-state index contributed by atoms with van der Waals surface area (Å²) in [6.07, 6.45) is 0. The fourth-order valence-electron chi connectivity index (χ4n) is 3.99. The molecule has 2 aromatic heterocycles. The molecule has 5 aromatic rings. The number of pyridine rings is 1. The molecule has 0 amide bonds. The van der Waals surface area contributed by atoms with Crippen LogP contribution in [0.2, 0.25) is 0 Å². The summed E-state index contributed by atoms with van der Waals surface area (Å²) in [4.78, 5) is 17.5. The quantitative estimate of drug-likeness (QED) is 0.212. The number of nitrogens with zero attached hydrogens (tertiary/aromatic N) is 3. The number of carbonyl (C=O) groups excluding carboxylic acids is 1. The summed E-state index contributed by atoms with van der Waals surface area (Å²) in [7, 11) is 0. The second-order valence-electron chi connectivity index (χ2n) is 8.39. The predicted molar refractivity (Wildman–Crippen MR) is 143 cm³/mol. The van der Waals surface area contributed by atoms with Gasteiger partial charge in [0.25, 0.3) is 0 Å². The molecule has 37 heavy (non-hydrogen) atoms. The van der Waals surface area contributed by atoms with Gasteiger partial charge in [0.1, 0.15) is 17.2 Å². The second-order valence-corrected chi connectivity index (χ2v) is 8.39. The van der Waals surface area contributed by atoms with Gasteiger partial charge in [-0.2, -0.15) is 5.10 Å². The van der Waals surface area contributed by atoms with Gasteiger partial charge < -0.3 is 9.47 Å².